The highest BCUT2D eigenvalue weighted by Gasteiger charge is 2.48. The molecule has 0 aromatic heterocycles. The van der Waals surface area contributed by atoms with Gasteiger partial charge >= 0.3 is 5.97 Å². The normalized spacial score (nSPS) is 21.0. The number of rotatable bonds is 4. The fourth-order valence-corrected chi connectivity index (χ4v) is 1.77. The van der Waals surface area contributed by atoms with Gasteiger partial charge in [-0.25, -0.2) is 4.79 Å². The molecule has 1 atom stereocenters. The summed E-state index contributed by atoms with van der Waals surface area (Å²) in [4.78, 5) is 35.3. The number of carbonyl (C=O) groups excluding carboxylic acids is 2. The number of nitrogens with zero attached hydrogens (tertiary/aromatic N) is 1. The number of carbonyl (C=O) groups is 3. The summed E-state index contributed by atoms with van der Waals surface area (Å²) < 4.78 is 0. The third-order valence-electron chi connectivity index (χ3n) is 2.65. The van der Waals surface area contributed by atoms with Crippen molar-refractivity contribution in [3.05, 3.63) is 12.7 Å². The molecule has 1 aliphatic rings. The molecule has 0 aromatic rings. The number of aliphatic carboxylic acids is 1. The van der Waals surface area contributed by atoms with Gasteiger partial charge in [0, 0.05) is 6.42 Å². The predicted molar refractivity (Wildman–Crippen MR) is 56.5 cm³/mol. The van der Waals surface area contributed by atoms with Crippen molar-refractivity contribution < 1.29 is 19.5 Å². The molecule has 16 heavy (non-hydrogen) atoms. The van der Waals surface area contributed by atoms with E-state index >= 15 is 0 Å². The molecule has 1 heterocycles. The second-order valence-electron chi connectivity index (χ2n) is 4.51. The first kappa shape index (κ1) is 12.4. The number of hydrogen-bond acceptors (Lipinski definition) is 3. The monoisotopic (exact) mass is 225 g/mol. The molecule has 1 N–H and O–H groups in total. The zero-order valence-electron chi connectivity index (χ0n) is 9.40. The fraction of sp³-hybridized carbons (Fsp3) is 0.545. The van der Waals surface area contributed by atoms with Crippen molar-refractivity contribution in [1.29, 1.82) is 0 Å². The van der Waals surface area contributed by atoms with Crippen molar-refractivity contribution >= 4 is 17.8 Å². The minimum absolute atomic E-state index is 0.0623. The van der Waals surface area contributed by atoms with Crippen LogP contribution in [0.15, 0.2) is 12.7 Å². The minimum atomic E-state index is -1.18. The molecule has 1 fully saturated rings. The molecule has 1 unspecified atom stereocenters. The Hall–Kier alpha value is -1.65. The molecular formula is C11H15NO4. The van der Waals surface area contributed by atoms with Crippen LogP contribution in [0.2, 0.25) is 0 Å². The van der Waals surface area contributed by atoms with E-state index in [2.05, 4.69) is 6.58 Å². The van der Waals surface area contributed by atoms with Crippen molar-refractivity contribution in [1.82, 2.24) is 4.90 Å². The van der Waals surface area contributed by atoms with E-state index in [1.165, 1.54) is 6.08 Å². The summed E-state index contributed by atoms with van der Waals surface area (Å²) in [6.07, 6.45) is 1.53. The molecular weight excluding hydrogens is 210 g/mol. The second-order valence-corrected chi connectivity index (χ2v) is 4.51. The summed E-state index contributed by atoms with van der Waals surface area (Å²) in [7, 11) is 0. The molecule has 1 saturated heterocycles. The Labute approximate surface area is 93.7 Å². The summed E-state index contributed by atoms with van der Waals surface area (Å²) >= 11 is 0. The van der Waals surface area contributed by atoms with Crippen LogP contribution in [0.25, 0.3) is 0 Å². The predicted octanol–water partition coefficient (Wildman–Crippen LogP) is 0.801. The highest BCUT2D eigenvalue weighted by molar-refractivity contribution is 6.07. The lowest BCUT2D eigenvalue weighted by Gasteiger charge is -2.23. The topological polar surface area (TPSA) is 74.7 Å². The van der Waals surface area contributed by atoms with Crippen molar-refractivity contribution in [2.45, 2.75) is 32.7 Å². The van der Waals surface area contributed by atoms with Gasteiger partial charge in [-0.05, 0) is 6.42 Å². The summed E-state index contributed by atoms with van der Waals surface area (Å²) in [5.41, 5.74) is -0.800. The molecule has 0 aliphatic carbocycles. The maximum atomic E-state index is 11.9. The van der Waals surface area contributed by atoms with E-state index in [0.717, 1.165) is 4.90 Å². The van der Waals surface area contributed by atoms with Crippen molar-refractivity contribution in [2.75, 3.05) is 0 Å². The minimum Gasteiger partial charge on any atom is -0.480 e. The Balaban J connectivity index is 3.02. The van der Waals surface area contributed by atoms with E-state index in [1.54, 1.807) is 13.8 Å². The van der Waals surface area contributed by atoms with Gasteiger partial charge in [0.2, 0.25) is 11.8 Å². The molecule has 5 heteroatoms. The fourth-order valence-electron chi connectivity index (χ4n) is 1.77. The van der Waals surface area contributed by atoms with Crippen LogP contribution in [0, 0.1) is 5.41 Å². The van der Waals surface area contributed by atoms with Gasteiger partial charge < -0.3 is 5.11 Å². The van der Waals surface area contributed by atoms with Gasteiger partial charge in [0.1, 0.15) is 6.04 Å². The summed E-state index contributed by atoms with van der Waals surface area (Å²) in [6, 6.07) is -1.13. The van der Waals surface area contributed by atoms with Crippen LogP contribution in [0.3, 0.4) is 0 Å². The van der Waals surface area contributed by atoms with Gasteiger partial charge in [0.25, 0.3) is 0 Å². The summed E-state index contributed by atoms with van der Waals surface area (Å²) in [5.74, 6) is -2.03. The lowest BCUT2D eigenvalue weighted by molar-refractivity contribution is -0.155. The lowest BCUT2D eigenvalue weighted by atomic mass is 9.92. The Morgan fingerprint density at radius 1 is 1.62 bits per heavy atom. The quantitative estimate of drug-likeness (QED) is 0.567. The third kappa shape index (κ3) is 1.98. The van der Waals surface area contributed by atoms with E-state index in [0.29, 0.717) is 0 Å². The van der Waals surface area contributed by atoms with E-state index in [-0.39, 0.29) is 12.8 Å². The number of likely N-dealkylation sites (tertiary alicyclic amines) is 1. The van der Waals surface area contributed by atoms with E-state index in [4.69, 9.17) is 5.11 Å². The van der Waals surface area contributed by atoms with Gasteiger partial charge in [-0.2, -0.15) is 0 Å². The van der Waals surface area contributed by atoms with Crippen LogP contribution < -0.4 is 0 Å². The van der Waals surface area contributed by atoms with E-state index in [1.807, 2.05) is 0 Å². The van der Waals surface area contributed by atoms with Crippen LogP contribution in [-0.2, 0) is 14.4 Å². The van der Waals surface area contributed by atoms with E-state index < -0.39 is 29.2 Å². The Kier molecular flexibility index (Phi) is 3.16. The first-order valence-corrected chi connectivity index (χ1v) is 5.01. The number of carboxylic acids is 1. The molecule has 1 rings (SSSR count). The second kappa shape index (κ2) is 4.08. The van der Waals surface area contributed by atoms with Crippen LogP contribution in [0.5, 0.6) is 0 Å². The first-order chi connectivity index (χ1) is 7.31. The van der Waals surface area contributed by atoms with Gasteiger partial charge in [-0.3, -0.25) is 14.5 Å². The van der Waals surface area contributed by atoms with Crippen molar-refractivity contribution in [3.8, 4) is 0 Å². The summed E-state index contributed by atoms with van der Waals surface area (Å²) in [6.45, 7) is 6.71. The number of carboxylic acid groups (broad SMARTS) is 1. The largest absolute Gasteiger partial charge is 0.480 e. The van der Waals surface area contributed by atoms with E-state index in [9.17, 15) is 14.4 Å². The molecule has 88 valence electrons. The number of imide groups is 1. The SMILES string of the molecule is C=CCC(C(=O)O)N1C(=O)CC(C)(C)C1=O. The highest BCUT2D eigenvalue weighted by atomic mass is 16.4. The zero-order valence-corrected chi connectivity index (χ0v) is 9.40. The maximum Gasteiger partial charge on any atom is 0.327 e. The maximum absolute atomic E-state index is 11.9. The van der Waals surface area contributed by atoms with Crippen LogP contribution >= 0.6 is 0 Å². The summed E-state index contributed by atoms with van der Waals surface area (Å²) in [5, 5.41) is 8.98. The molecule has 0 saturated carbocycles. The highest BCUT2D eigenvalue weighted by Crippen LogP contribution is 2.33. The number of hydrogen-bond donors (Lipinski definition) is 1. The average Bonchev–Trinajstić information content (AvgIpc) is 2.33. The number of amides is 2. The molecule has 1 aliphatic heterocycles. The van der Waals surface area contributed by atoms with Crippen molar-refractivity contribution in [2.24, 2.45) is 5.41 Å². The smallest absolute Gasteiger partial charge is 0.327 e. The standard InChI is InChI=1S/C11H15NO4/c1-4-5-7(9(14)15)12-8(13)6-11(2,3)10(12)16/h4,7H,1,5-6H2,2-3H3,(H,14,15). The molecule has 0 bridgehead atoms. The van der Waals surface area contributed by atoms with Gasteiger partial charge in [-0.15, -0.1) is 6.58 Å². The average molecular weight is 225 g/mol. The van der Waals surface area contributed by atoms with Gasteiger partial charge in [0.05, 0.1) is 5.41 Å². The van der Waals surface area contributed by atoms with Crippen LogP contribution in [0.1, 0.15) is 26.7 Å². The Morgan fingerprint density at radius 3 is 2.50 bits per heavy atom. The van der Waals surface area contributed by atoms with Gasteiger partial charge in [0.15, 0.2) is 0 Å². The molecule has 2 amide bonds. The first-order valence-electron chi connectivity index (χ1n) is 5.01. The molecule has 0 aromatic carbocycles. The molecule has 5 nitrogen and oxygen atoms in total. The van der Waals surface area contributed by atoms with Crippen molar-refractivity contribution in [3.63, 3.8) is 0 Å². The van der Waals surface area contributed by atoms with Gasteiger partial charge in [-0.1, -0.05) is 19.9 Å². The molecule has 0 spiro atoms. The van der Waals surface area contributed by atoms with Crippen LogP contribution in [0.4, 0.5) is 0 Å². The third-order valence-corrected chi connectivity index (χ3v) is 2.65. The zero-order chi connectivity index (χ0) is 12.5. The Bertz CT molecular complexity index is 359. The van der Waals surface area contributed by atoms with Crippen LogP contribution in [-0.4, -0.2) is 33.8 Å². The lowest BCUT2D eigenvalue weighted by Crippen LogP contribution is -2.45. The molecule has 0 radical (unpaired) electrons. The Morgan fingerprint density at radius 2 is 2.19 bits per heavy atom.